The number of pyridine rings is 2. The van der Waals surface area contributed by atoms with Crippen molar-refractivity contribution in [2.45, 2.75) is 12.8 Å². The van der Waals surface area contributed by atoms with Gasteiger partial charge in [-0.2, -0.15) is 0 Å². The third-order valence-corrected chi connectivity index (χ3v) is 5.82. The lowest BCUT2D eigenvalue weighted by Gasteiger charge is -2.09. The topological polar surface area (TPSA) is 93.8 Å². The Hall–Kier alpha value is -4.12. The van der Waals surface area contributed by atoms with Crippen LogP contribution in [-0.4, -0.2) is 32.1 Å². The fourth-order valence-corrected chi connectivity index (χ4v) is 3.80. The van der Waals surface area contributed by atoms with E-state index in [9.17, 15) is 9.59 Å². The molecule has 2 N–H and O–H groups in total. The minimum Gasteiger partial charge on any atom is -0.373 e. The molecule has 32 heavy (non-hydrogen) atoms. The maximum Gasteiger partial charge on any atom is 0.328 e. The van der Waals surface area contributed by atoms with Crippen LogP contribution in [0.15, 0.2) is 41.5 Å². The van der Waals surface area contributed by atoms with Crippen LogP contribution in [0.2, 0.25) is 0 Å². The van der Waals surface area contributed by atoms with Crippen molar-refractivity contribution >= 4 is 39.3 Å². The van der Waals surface area contributed by atoms with E-state index in [0.717, 1.165) is 45.8 Å². The lowest BCUT2D eigenvalue weighted by molar-refractivity contribution is -0.117. The van der Waals surface area contributed by atoms with E-state index in [4.69, 9.17) is 0 Å². The fourth-order valence-electron chi connectivity index (χ4n) is 3.80. The summed E-state index contributed by atoms with van der Waals surface area (Å²) in [5, 5.41) is 7.64. The normalized spacial score (nSPS) is 13.1. The van der Waals surface area contributed by atoms with Crippen LogP contribution in [0.1, 0.15) is 24.0 Å². The Kier molecular flexibility index (Phi) is 4.67. The molecule has 3 heterocycles. The molecule has 8 heteroatoms. The Morgan fingerprint density at radius 3 is 2.56 bits per heavy atom. The summed E-state index contributed by atoms with van der Waals surface area (Å²) in [5.41, 5.74) is 3.13. The van der Waals surface area contributed by atoms with Crippen LogP contribution in [0, 0.1) is 17.8 Å². The summed E-state index contributed by atoms with van der Waals surface area (Å²) in [6.07, 6.45) is 5.28. The van der Waals surface area contributed by atoms with Gasteiger partial charge in [0.05, 0.1) is 16.6 Å². The van der Waals surface area contributed by atoms with Gasteiger partial charge in [0.1, 0.15) is 11.6 Å². The molecule has 0 unspecified atom stereocenters. The van der Waals surface area contributed by atoms with Gasteiger partial charge >= 0.3 is 5.69 Å². The van der Waals surface area contributed by atoms with Gasteiger partial charge in [0.2, 0.25) is 5.91 Å². The van der Waals surface area contributed by atoms with Crippen LogP contribution in [0.4, 0.5) is 11.6 Å². The number of hydrogen-bond acceptors (Lipinski definition) is 5. The fraction of sp³-hybridized carbons (Fsp3) is 0.250. The quantitative estimate of drug-likeness (QED) is 0.491. The first-order valence-electron chi connectivity index (χ1n) is 10.4. The van der Waals surface area contributed by atoms with Crippen LogP contribution in [0.25, 0.3) is 21.8 Å². The molecule has 0 aliphatic heterocycles. The van der Waals surface area contributed by atoms with E-state index in [1.54, 1.807) is 42.7 Å². The second-order valence-corrected chi connectivity index (χ2v) is 8.00. The Balaban J connectivity index is 1.57. The smallest absolute Gasteiger partial charge is 0.328 e. The summed E-state index contributed by atoms with van der Waals surface area (Å²) in [4.78, 5) is 33.2. The number of carbonyl (C=O) groups excluding carboxylic acids is 1. The summed E-state index contributed by atoms with van der Waals surface area (Å²) < 4.78 is 3.23. The van der Waals surface area contributed by atoms with Gasteiger partial charge in [-0.05, 0) is 37.1 Å². The number of aryl methyl sites for hydroxylation is 2. The van der Waals surface area contributed by atoms with Gasteiger partial charge in [-0.1, -0.05) is 11.8 Å². The molecule has 0 spiro atoms. The Labute approximate surface area is 184 Å². The van der Waals surface area contributed by atoms with Gasteiger partial charge in [-0.3, -0.25) is 13.9 Å². The van der Waals surface area contributed by atoms with Crippen molar-refractivity contribution < 1.29 is 4.79 Å². The number of hydrogen-bond donors (Lipinski definition) is 2. The molecule has 1 aliphatic carbocycles. The van der Waals surface area contributed by atoms with Gasteiger partial charge in [0.25, 0.3) is 0 Å². The van der Waals surface area contributed by atoms with E-state index in [1.807, 2.05) is 24.3 Å². The monoisotopic (exact) mass is 426 g/mol. The molecular weight excluding hydrogens is 404 g/mol. The van der Waals surface area contributed by atoms with E-state index in [-0.39, 0.29) is 17.5 Å². The van der Waals surface area contributed by atoms with E-state index >= 15 is 0 Å². The first kappa shape index (κ1) is 19.8. The van der Waals surface area contributed by atoms with Gasteiger partial charge in [-0.15, -0.1) is 0 Å². The Morgan fingerprint density at radius 1 is 1.03 bits per heavy atom. The van der Waals surface area contributed by atoms with Crippen molar-refractivity contribution in [2.75, 3.05) is 17.7 Å². The molecule has 160 valence electrons. The molecule has 4 aromatic rings. The molecule has 0 bridgehead atoms. The Morgan fingerprint density at radius 2 is 1.81 bits per heavy atom. The van der Waals surface area contributed by atoms with Gasteiger partial charge < -0.3 is 10.6 Å². The highest BCUT2D eigenvalue weighted by atomic mass is 16.2. The number of nitrogens with zero attached hydrogens (tertiary/aromatic N) is 4. The lowest BCUT2D eigenvalue weighted by atomic mass is 10.1. The number of imidazole rings is 1. The van der Waals surface area contributed by atoms with Gasteiger partial charge in [-0.25, -0.2) is 14.8 Å². The average Bonchev–Trinajstić information content (AvgIpc) is 3.63. The number of anilines is 2. The highest BCUT2D eigenvalue weighted by Gasteiger charge is 2.29. The van der Waals surface area contributed by atoms with Crippen LogP contribution in [0.5, 0.6) is 0 Å². The molecular formula is C24H22N6O2. The standard InChI is InChI=1S/C24H22N6O2/c1-25-22-18-13-26-21(28-23(31)15-7-8-15)11-17(18)16(12-27-22)6-4-14-5-9-19-20(10-14)30(3)24(32)29(19)2/h5,9-13,15H,7-8H2,1-3H3,(H,25,27)(H,26,28,31). The zero-order valence-corrected chi connectivity index (χ0v) is 18.1. The summed E-state index contributed by atoms with van der Waals surface area (Å²) in [6, 6.07) is 7.54. The molecule has 5 rings (SSSR count). The summed E-state index contributed by atoms with van der Waals surface area (Å²) in [6.45, 7) is 0. The maximum atomic E-state index is 12.2. The molecule has 3 aromatic heterocycles. The van der Waals surface area contributed by atoms with Crippen LogP contribution in [-0.2, 0) is 18.9 Å². The number of nitrogens with one attached hydrogen (secondary N) is 2. The zero-order valence-electron chi connectivity index (χ0n) is 18.1. The number of amides is 1. The zero-order chi connectivity index (χ0) is 22.4. The third-order valence-electron chi connectivity index (χ3n) is 5.82. The number of fused-ring (bicyclic) bond motifs is 2. The third kappa shape index (κ3) is 3.38. The largest absolute Gasteiger partial charge is 0.373 e. The second kappa shape index (κ2) is 7.54. The first-order valence-corrected chi connectivity index (χ1v) is 10.4. The first-order chi connectivity index (χ1) is 15.5. The maximum absolute atomic E-state index is 12.2. The van der Waals surface area contributed by atoms with Crippen molar-refractivity contribution in [2.24, 2.45) is 20.0 Å². The van der Waals surface area contributed by atoms with E-state index in [2.05, 4.69) is 32.4 Å². The average molecular weight is 426 g/mol. The summed E-state index contributed by atoms with van der Waals surface area (Å²) >= 11 is 0. The van der Waals surface area contributed by atoms with Crippen molar-refractivity contribution in [3.8, 4) is 11.8 Å². The lowest BCUT2D eigenvalue weighted by Crippen LogP contribution is -2.19. The van der Waals surface area contributed by atoms with E-state index < -0.39 is 0 Å². The van der Waals surface area contributed by atoms with Crippen molar-refractivity contribution in [1.82, 2.24) is 19.1 Å². The summed E-state index contributed by atoms with van der Waals surface area (Å²) in [7, 11) is 5.31. The van der Waals surface area contributed by atoms with Gasteiger partial charge in [0.15, 0.2) is 0 Å². The predicted octanol–water partition coefficient (Wildman–Crippen LogP) is 2.61. The molecule has 1 fully saturated rings. The number of rotatable bonds is 3. The van der Waals surface area contributed by atoms with Gasteiger partial charge in [0, 0.05) is 55.8 Å². The predicted molar refractivity (Wildman–Crippen MR) is 125 cm³/mol. The van der Waals surface area contributed by atoms with E-state index in [0.29, 0.717) is 11.6 Å². The molecule has 0 radical (unpaired) electrons. The second-order valence-electron chi connectivity index (χ2n) is 8.00. The Bertz CT molecular complexity index is 1520. The highest BCUT2D eigenvalue weighted by molar-refractivity contribution is 5.99. The molecule has 8 nitrogen and oxygen atoms in total. The molecule has 1 aromatic carbocycles. The van der Waals surface area contributed by atoms with E-state index in [1.165, 1.54) is 0 Å². The summed E-state index contributed by atoms with van der Waals surface area (Å²) in [5.74, 6) is 7.69. The van der Waals surface area contributed by atoms with Crippen molar-refractivity contribution in [3.05, 3.63) is 58.3 Å². The molecule has 1 amide bonds. The molecule has 0 atom stereocenters. The van der Waals surface area contributed by atoms with Crippen LogP contribution >= 0.6 is 0 Å². The minimum absolute atomic E-state index is 0.00848. The molecule has 1 saturated carbocycles. The van der Waals surface area contributed by atoms with Crippen molar-refractivity contribution in [1.29, 1.82) is 0 Å². The number of carbonyl (C=O) groups is 1. The van der Waals surface area contributed by atoms with Crippen LogP contribution < -0.4 is 16.3 Å². The SMILES string of the molecule is CNc1ncc(C#Cc2ccc3c(c2)n(C)c(=O)n3C)c2cc(NC(=O)C3CC3)ncc12. The van der Waals surface area contributed by atoms with Crippen molar-refractivity contribution in [3.63, 3.8) is 0 Å². The molecule has 0 saturated heterocycles. The molecule has 1 aliphatic rings. The number of aromatic nitrogens is 4. The highest BCUT2D eigenvalue weighted by Crippen LogP contribution is 2.31. The minimum atomic E-state index is -0.0729. The number of benzene rings is 1. The van der Waals surface area contributed by atoms with Crippen LogP contribution in [0.3, 0.4) is 0 Å².